The normalized spacial score (nSPS) is 16.3. The lowest BCUT2D eigenvalue weighted by Crippen LogP contribution is -2.46. The van der Waals surface area contributed by atoms with Crippen molar-refractivity contribution in [3.63, 3.8) is 0 Å². The van der Waals surface area contributed by atoms with Crippen molar-refractivity contribution in [1.29, 1.82) is 0 Å². The smallest absolute Gasteiger partial charge is 0.412 e. The Morgan fingerprint density at radius 2 is 2.03 bits per heavy atom. The third-order valence-electron chi connectivity index (χ3n) is 4.28. The number of ether oxygens (including phenoxy) is 2. The molecule has 168 valence electrons. The second kappa shape index (κ2) is 8.52. The van der Waals surface area contributed by atoms with E-state index >= 15 is 0 Å². The van der Waals surface area contributed by atoms with Crippen LogP contribution in [0.2, 0.25) is 5.02 Å². The van der Waals surface area contributed by atoms with Crippen molar-refractivity contribution in [2.75, 3.05) is 22.7 Å². The molecule has 8 nitrogen and oxygen atoms in total. The minimum atomic E-state index is -4.13. The molecule has 2 aromatic rings. The Balaban J connectivity index is 2.00. The van der Waals surface area contributed by atoms with E-state index in [1.807, 2.05) is 0 Å². The second-order valence-corrected chi connectivity index (χ2v) is 10.2. The van der Waals surface area contributed by atoms with Crippen LogP contribution in [0.3, 0.4) is 0 Å². The molecule has 0 aromatic heterocycles. The number of anilines is 2. The van der Waals surface area contributed by atoms with Crippen LogP contribution in [-0.4, -0.2) is 39.3 Å². The first-order valence-corrected chi connectivity index (χ1v) is 11.2. The fourth-order valence-electron chi connectivity index (χ4n) is 2.93. The molecule has 0 aliphatic carbocycles. The summed E-state index contributed by atoms with van der Waals surface area (Å²) in [5, 5.41) is 2.25. The highest BCUT2D eigenvalue weighted by molar-refractivity contribution is 7.92. The minimum Gasteiger partial charge on any atom is -0.485 e. The molecule has 1 atom stereocenters. The van der Waals surface area contributed by atoms with Crippen molar-refractivity contribution in [2.24, 2.45) is 5.73 Å². The molecular weight excluding hydrogens is 449 g/mol. The molecule has 1 aliphatic rings. The van der Waals surface area contributed by atoms with Gasteiger partial charge in [0.2, 0.25) is 0 Å². The summed E-state index contributed by atoms with van der Waals surface area (Å²) in [6, 6.07) is 7.70. The van der Waals surface area contributed by atoms with Gasteiger partial charge in [-0.25, -0.2) is 17.6 Å². The lowest BCUT2D eigenvalue weighted by molar-refractivity contribution is 0.0636. The van der Waals surface area contributed by atoms with Gasteiger partial charge in [-0.3, -0.25) is 9.62 Å². The number of hydrogen-bond acceptors (Lipinski definition) is 6. The van der Waals surface area contributed by atoms with Gasteiger partial charge in [0.25, 0.3) is 10.0 Å². The SMILES string of the molecule is CC(C)(C)OC(=O)Nc1ccc2c(c1)N(S(=O)(=O)c1ccc(F)c(Cl)c1)C[C@H](CN)O2. The monoisotopic (exact) mass is 471 g/mol. The van der Waals surface area contributed by atoms with Crippen LogP contribution in [0.15, 0.2) is 41.3 Å². The van der Waals surface area contributed by atoms with Crippen LogP contribution < -0.4 is 20.1 Å². The first-order valence-electron chi connectivity index (χ1n) is 9.39. The number of amides is 1. The molecule has 0 spiro atoms. The van der Waals surface area contributed by atoms with Crippen LogP contribution >= 0.6 is 11.6 Å². The number of nitrogens with one attached hydrogen (secondary N) is 1. The quantitative estimate of drug-likeness (QED) is 0.702. The molecule has 1 heterocycles. The number of carbonyl (C=O) groups excluding carboxylic acids is 1. The van der Waals surface area contributed by atoms with E-state index in [4.69, 9.17) is 26.8 Å². The van der Waals surface area contributed by atoms with E-state index in [1.54, 1.807) is 26.8 Å². The highest BCUT2D eigenvalue weighted by Crippen LogP contribution is 2.39. The molecule has 3 N–H and O–H groups in total. The van der Waals surface area contributed by atoms with Gasteiger partial charge in [-0.2, -0.15) is 0 Å². The third kappa shape index (κ3) is 5.20. The minimum absolute atomic E-state index is 0.0727. The number of carbonyl (C=O) groups is 1. The van der Waals surface area contributed by atoms with Crippen LogP contribution in [0, 0.1) is 5.82 Å². The maximum atomic E-state index is 13.5. The number of rotatable bonds is 4. The predicted molar refractivity (Wildman–Crippen MR) is 116 cm³/mol. The van der Waals surface area contributed by atoms with E-state index in [0.29, 0.717) is 5.69 Å². The fourth-order valence-corrected chi connectivity index (χ4v) is 4.70. The van der Waals surface area contributed by atoms with Gasteiger partial charge in [-0.1, -0.05) is 11.6 Å². The summed E-state index contributed by atoms with van der Waals surface area (Å²) in [5.41, 5.74) is 5.51. The summed E-state index contributed by atoms with van der Waals surface area (Å²) in [6.07, 6.45) is -1.29. The Morgan fingerprint density at radius 3 is 2.65 bits per heavy atom. The maximum Gasteiger partial charge on any atom is 0.412 e. The Bertz CT molecular complexity index is 1100. The predicted octanol–water partition coefficient (Wildman–Crippen LogP) is 3.74. The van der Waals surface area contributed by atoms with Gasteiger partial charge in [0.1, 0.15) is 23.3 Å². The molecule has 0 fully saturated rings. The first kappa shape index (κ1) is 23.1. The molecule has 0 saturated carbocycles. The molecule has 0 bridgehead atoms. The van der Waals surface area contributed by atoms with E-state index < -0.39 is 33.6 Å². The van der Waals surface area contributed by atoms with Crippen LogP contribution in [0.5, 0.6) is 5.75 Å². The third-order valence-corrected chi connectivity index (χ3v) is 6.34. The van der Waals surface area contributed by atoms with Gasteiger partial charge in [-0.05, 0) is 57.2 Å². The van der Waals surface area contributed by atoms with E-state index in [0.717, 1.165) is 22.5 Å². The summed E-state index contributed by atoms with van der Waals surface area (Å²) in [6.45, 7) is 5.18. The lowest BCUT2D eigenvalue weighted by atomic mass is 10.2. The number of benzene rings is 2. The molecule has 11 heteroatoms. The van der Waals surface area contributed by atoms with Crippen molar-refractivity contribution in [1.82, 2.24) is 0 Å². The summed E-state index contributed by atoms with van der Waals surface area (Å²) in [7, 11) is -4.13. The Labute approximate surface area is 185 Å². The Kier molecular flexibility index (Phi) is 6.35. The van der Waals surface area contributed by atoms with Crippen LogP contribution in [0.1, 0.15) is 20.8 Å². The number of fused-ring (bicyclic) bond motifs is 1. The van der Waals surface area contributed by atoms with Gasteiger partial charge >= 0.3 is 6.09 Å². The number of hydrogen-bond donors (Lipinski definition) is 2. The zero-order chi connectivity index (χ0) is 23.0. The standard InChI is InChI=1S/C20H23ClFN3O5S/c1-20(2,3)30-19(26)24-12-4-7-18-17(8-12)25(11-13(10-23)29-18)31(27,28)14-5-6-16(22)15(21)9-14/h4-9,13H,10-11,23H2,1-3H3,(H,24,26)/t13-/m0/s1. The Morgan fingerprint density at radius 1 is 1.32 bits per heavy atom. The first-order chi connectivity index (χ1) is 14.4. The van der Waals surface area contributed by atoms with Gasteiger partial charge in [-0.15, -0.1) is 0 Å². The van der Waals surface area contributed by atoms with Crippen molar-refractivity contribution in [2.45, 2.75) is 37.4 Å². The van der Waals surface area contributed by atoms with Crippen molar-refractivity contribution >= 4 is 39.1 Å². The molecular formula is C20H23ClFN3O5S. The summed E-state index contributed by atoms with van der Waals surface area (Å²) in [4.78, 5) is 11.9. The van der Waals surface area contributed by atoms with Crippen molar-refractivity contribution < 1.29 is 27.1 Å². The number of halogens is 2. The number of nitrogens with zero attached hydrogens (tertiary/aromatic N) is 1. The second-order valence-electron chi connectivity index (χ2n) is 7.90. The van der Waals surface area contributed by atoms with Crippen LogP contribution in [-0.2, 0) is 14.8 Å². The summed E-state index contributed by atoms with van der Waals surface area (Å²) >= 11 is 5.79. The molecule has 31 heavy (non-hydrogen) atoms. The van der Waals surface area contributed by atoms with Gasteiger partial charge in [0, 0.05) is 12.2 Å². The van der Waals surface area contributed by atoms with Gasteiger partial charge in [0.15, 0.2) is 0 Å². The molecule has 2 aromatic carbocycles. The summed E-state index contributed by atoms with van der Waals surface area (Å²) < 4.78 is 52.3. The number of nitrogens with two attached hydrogens (primary N) is 1. The number of sulfonamides is 1. The average molecular weight is 472 g/mol. The van der Waals surface area contributed by atoms with E-state index in [2.05, 4.69) is 5.32 Å². The zero-order valence-corrected chi connectivity index (χ0v) is 18.8. The molecule has 1 amide bonds. The molecule has 0 unspecified atom stereocenters. The van der Waals surface area contributed by atoms with E-state index in [1.165, 1.54) is 12.1 Å². The topological polar surface area (TPSA) is 111 Å². The van der Waals surface area contributed by atoms with Gasteiger partial charge in [0.05, 0.1) is 22.2 Å². The Hall–Kier alpha value is -2.56. The lowest BCUT2D eigenvalue weighted by Gasteiger charge is -2.35. The molecule has 0 radical (unpaired) electrons. The highest BCUT2D eigenvalue weighted by atomic mass is 35.5. The van der Waals surface area contributed by atoms with E-state index in [9.17, 15) is 17.6 Å². The zero-order valence-electron chi connectivity index (χ0n) is 17.2. The van der Waals surface area contributed by atoms with Gasteiger partial charge < -0.3 is 15.2 Å². The average Bonchev–Trinajstić information content (AvgIpc) is 2.67. The van der Waals surface area contributed by atoms with Crippen molar-refractivity contribution in [3.05, 3.63) is 47.2 Å². The largest absolute Gasteiger partial charge is 0.485 e. The highest BCUT2D eigenvalue weighted by Gasteiger charge is 2.35. The van der Waals surface area contributed by atoms with E-state index in [-0.39, 0.29) is 34.4 Å². The fraction of sp³-hybridized carbons (Fsp3) is 0.350. The van der Waals surface area contributed by atoms with Crippen molar-refractivity contribution in [3.8, 4) is 5.75 Å². The molecule has 0 saturated heterocycles. The maximum absolute atomic E-state index is 13.5. The molecule has 3 rings (SSSR count). The van der Waals surface area contributed by atoms with Crippen LogP contribution in [0.4, 0.5) is 20.6 Å². The molecule has 1 aliphatic heterocycles. The summed E-state index contributed by atoms with van der Waals surface area (Å²) in [5.74, 6) is -0.458. The van der Waals surface area contributed by atoms with Crippen LogP contribution in [0.25, 0.3) is 0 Å².